The van der Waals surface area contributed by atoms with Gasteiger partial charge in [-0.05, 0) is 5.41 Å². The summed E-state index contributed by atoms with van der Waals surface area (Å²) in [5.74, 6) is 0.934. The van der Waals surface area contributed by atoms with Crippen molar-refractivity contribution >= 4 is 48.4 Å². The number of aliphatic carboxylic acids is 1. The normalized spacial score (nSPS) is 12.9. The van der Waals surface area contributed by atoms with E-state index in [1.807, 2.05) is 36.4 Å². The van der Waals surface area contributed by atoms with Gasteiger partial charge in [0.05, 0.1) is 0 Å². The maximum absolute atomic E-state index is 13.0. The summed E-state index contributed by atoms with van der Waals surface area (Å²) in [7, 11) is 0. The number of nitrogens with zero attached hydrogens (tertiary/aromatic N) is 1. The molecule has 2 aromatic carbocycles. The summed E-state index contributed by atoms with van der Waals surface area (Å²) in [4.78, 5) is 31.6. The SMILES string of the molecule is CC(C)c1ccc(C[C@H]([AsH]C(=O)c2cc3ccc(Oc4ccc(C(C)(C)C)cc4)cc3cn2)C(=O)O)s1. The fourth-order valence-electron chi connectivity index (χ4n) is 3.91. The van der Waals surface area contributed by atoms with Gasteiger partial charge in [0.15, 0.2) is 0 Å². The average molecular weight is 578 g/mol. The monoisotopic (exact) mass is 577 g/mol. The van der Waals surface area contributed by atoms with E-state index < -0.39 is 26.4 Å². The molecule has 0 aliphatic rings. The number of carbonyl (C=O) groups is 2. The van der Waals surface area contributed by atoms with Crippen molar-refractivity contribution in [3.63, 3.8) is 0 Å². The number of rotatable bonds is 9. The Kier molecular flexibility index (Phi) is 8.20. The van der Waals surface area contributed by atoms with Crippen LogP contribution in [0.2, 0.25) is 4.71 Å². The molecule has 0 radical (unpaired) electrons. The number of carboxylic acids is 1. The molecule has 0 bridgehead atoms. The fraction of sp³-hybridized carbons (Fsp3) is 0.300. The summed E-state index contributed by atoms with van der Waals surface area (Å²) in [6.45, 7) is 10.8. The van der Waals surface area contributed by atoms with Gasteiger partial charge in [-0.25, -0.2) is 0 Å². The number of thiophene rings is 1. The van der Waals surface area contributed by atoms with Crippen LogP contribution in [0, 0.1) is 0 Å². The van der Waals surface area contributed by atoms with Crippen LogP contribution in [0.1, 0.15) is 66.3 Å². The van der Waals surface area contributed by atoms with E-state index in [-0.39, 0.29) is 9.99 Å². The molecular weight excluding hydrogens is 545 g/mol. The first-order chi connectivity index (χ1) is 17.5. The maximum atomic E-state index is 13.0. The molecule has 0 amide bonds. The third kappa shape index (κ3) is 6.88. The molecule has 0 saturated carbocycles. The van der Waals surface area contributed by atoms with Crippen LogP contribution >= 0.6 is 11.3 Å². The van der Waals surface area contributed by atoms with Crippen molar-refractivity contribution in [1.82, 2.24) is 4.98 Å². The van der Waals surface area contributed by atoms with Gasteiger partial charge < -0.3 is 0 Å². The molecule has 7 heteroatoms. The summed E-state index contributed by atoms with van der Waals surface area (Å²) in [5, 5.41) is 11.5. The Labute approximate surface area is 228 Å². The summed E-state index contributed by atoms with van der Waals surface area (Å²) < 4.78 is 5.22. The van der Waals surface area contributed by atoms with Gasteiger partial charge in [-0.1, -0.05) is 20.8 Å². The van der Waals surface area contributed by atoms with Gasteiger partial charge in [0.25, 0.3) is 0 Å². The van der Waals surface area contributed by atoms with E-state index in [4.69, 9.17) is 4.74 Å². The summed E-state index contributed by atoms with van der Waals surface area (Å²) >= 11 is 0.187. The molecule has 0 fully saturated rings. The van der Waals surface area contributed by atoms with Crippen LogP contribution in [-0.2, 0) is 16.6 Å². The molecule has 37 heavy (non-hydrogen) atoms. The van der Waals surface area contributed by atoms with Crippen LogP contribution < -0.4 is 4.74 Å². The van der Waals surface area contributed by atoms with E-state index in [9.17, 15) is 14.7 Å². The first-order valence-electron chi connectivity index (χ1n) is 12.3. The third-order valence-electron chi connectivity index (χ3n) is 6.14. The van der Waals surface area contributed by atoms with Crippen molar-refractivity contribution in [3.8, 4) is 11.5 Å². The molecule has 192 valence electrons. The molecule has 5 nitrogen and oxygen atoms in total. The number of benzene rings is 2. The minimum atomic E-state index is -1.45. The number of aromatic nitrogens is 1. The van der Waals surface area contributed by atoms with Crippen molar-refractivity contribution < 1.29 is 19.4 Å². The number of ether oxygens (including phenoxy) is 1. The second-order valence-corrected chi connectivity index (χ2v) is 14.7. The van der Waals surface area contributed by atoms with Crippen molar-refractivity contribution in [2.75, 3.05) is 0 Å². The molecular formula is C30H32AsNO4S. The van der Waals surface area contributed by atoms with E-state index in [0.717, 1.165) is 21.4 Å². The summed E-state index contributed by atoms with van der Waals surface area (Å²) in [6, 6.07) is 19.5. The van der Waals surface area contributed by atoms with Gasteiger partial charge in [-0.3, -0.25) is 0 Å². The zero-order chi connectivity index (χ0) is 26.7. The number of hydrogen-bond donors (Lipinski definition) is 1. The van der Waals surface area contributed by atoms with Crippen molar-refractivity contribution in [3.05, 3.63) is 87.9 Å². The molecule has 0 aliphatic heterocycles. The Balaban J connectivity index is 1.45. The zero-order valence-electron chi connectivity index (χ0n) is 21.7. The van der Waals surface area contributed by atoms with E-state index >= 15 is 0 Å². The van der Waals surface area contributed by atoms with E-state index in [1.165, 1.54) is 10.4 Å². The van der Waals surface area contributed by atoms with Crippen molar-refractivity contribution in [1.29, 1.82) is 0 Å². The third-order valence-corrected chi connectivity index (χ3v) is 10.3. The Morgan fingerprint density at radius 3 is 2.30 bits per heavy atom. The second kappa shape index (κ2) is 11.2. The van der Waals surface area contributed by atoms with Crippen molar-refractivity contribution in [2.45, 2.75) is 57.1 Å². The van der Waals surface area contributed by atoms with Gasteiger partial charge in [0.1, 0.15) is 0 Å². The number of carboxylic acid groups (broad SMARTS) is 1. The Morgan fingerprint density at radius 2 is 1.68 bits per heavy atom. The standard InChI is InChI=1S/C30H32AsNO4S/c1-18(2)27-13-12-24(37-27)16-25(29(34)35)31-28(33)26-15-19-6-9-23(14-20(19)17-32-26)36-22-10-7-21(8-11-22)30(3,4)5/h6-15,17-18,25,31H,16H2,1-5H3,(H,34,35)/t25-/m0/s1. The predicted octanol–water partition coefficient (Wildman–Crippen LogP) is 7.20. The van der Waals surface area contributed by atoms with E-state index in [1.54, 1.807) is 23.6 Å². The Hall–Kier alpha value is -2.95. The first-order valence-corrected chi connectivity index (χ1v) is 15.4. The molecule has 0 saturated heterocycles. The molecule has 1 unspecified atom stereocenters. The van der Waals surface area contributed by atoms with Crippen LogP contribution in [0.4, 0.5) is 0 Å². The van der Waals surface area contributed by atoms with Gasteiger partial charge in [-0.15, -0.1) is 0 Å². The second-order valence-electron chi connectivity index (χ2n) is 10.5. The Morgan fingerprint density at radius 1 is 0.973 bits per heavy atom. The molecule has 0 spiro atoms. The average Bonchev–Trinajstić information content (AvgIpc) is 3.32. The minimum absolute atomic E-state index is 0.0800. The van der Waals surface area contributed by atoms with Gasteiger partial charge in [0.2, 0.25) is 0 Å². The first kappa shape index (κ1) is 27.1. The van der Waals surface area contributed by atoms with Crippen LogP contribution in [-0.4, -0.2) is 36.4 Å². The van der Waals surface area contributed by atoms with Crippen LogP contribution in [0.3, 0.4) is 0 Å². The predicted molar refractivity (Wildman–Crippen MR) is 152 cm³/mol. The van der Waals surface area contributed by atoms with Crippen LogP contribution in [0.5, 0.6) is 11.5 Å². The van der Waals surface area contributed by atoms with E-state index in [0.29, 0.717) is 23.8 Å². The summed E-state index contributed by atoms with van der Waals surface area (Å²) in [6.07, 6.45) is 2.05. The topological polar surface area (TPSA) is 76.5 Å². The zero-order valence-corrected chi connectivity index (χ0v) is 24.7. The Bertz CT molecular complexity index is 1420. The molecule has 4 rings (SSSR count). The number of hydrogen-bond acceptors (Lipinski definition) is 5. The molecule has 2 atom stereocenters. The number of fused-ring (bicyclic) bond motifs is 1. The van der Waals surface area contributed by atoms with Gasteiger partial charge in [0, 0.05) is 0 Å². The van der Waals surface area contributed by atoms with Gasteiger partial charge >= 0.3 is 203 Å². The molecule has 0 aliphatic carbocycles. The molecule has 1 N–H and O–H groups in total. The van der Waals surface area contributed by atoms with Crippen LogP contribution in [0.15, 0.2) is 66.9 Å². The van der Waals surface area contributed by atoms with Crippen LogP contribution in [0.25, 0.3) is 10.8 Å². The number of carbonyl (C=O) groups excluding carboxylic acids is 1. The van der Waals surface area contributed by atoms with Gasteiger partial charge in [-0.2, -0.15) is 0 Å². The quantitative estimate of drug-likeness (QED) is 0.213. The fourth-order valence-corrected chi connectivity index (χ4v) is 7.48. The van der Waals surface area contributed by atoms with E-state index in [2.05, 4.69) is 57.8 Å². The number of pyridine rings is 1. The molecule has 2 heterocycles. The molecule has 4 aromatic rings. The summed E-state index contributed by atoms with van der Waals surface area (Å²) in [5.41, 5.74) is 1.65. The molecule has 2 aromatic heterocycles. The van der Waals surface area contributed by atoms with Crippen molar-refractivity contribution in [2.24, 2.45) is 0 Å².